The SMILES string of the molecule is Cc1c(Br)cccc1NC(=O)N[C@@H]1C=C[C@H](CO)C1. The van der Waals surface area contributed by atoms with E-state index in [1.54, 1.807) is 0 Å². The fourth-order valence-electron chi connectivity index (χ4n) is 2.09. The summed E-state index contributed by atoms with van der Waals surface area (Å²) in [5, 5.41) is 14.7. The van der Waals surface area contributed by atoms with Gasteiger partial charge >= 0.3 is 6.03 Å². The van der Waals surface area contributed by atoms with Gasteiger partial charge in [0.05, 0.1) is 0 Å². The second-order valence-corrected chi connectivity index (χ2v) is 5.53. The van der Waals surface area contributed by atoms with Crippen molar-refractivity contribution in [2.75, 3.05) is 11.9 Å². The fourth-order valence-corrected chi connectivity index (χ4v) is 2.45. The topological polar surface area (TPSA) is 61.4 Å². The molecule has 19 heavy (non-hydrogen) atoms. The Morgan fingerprint density at radius 1 is 1.47 bits per heavy atom. The van der Waals surface area contributed by atoms with Crippen LogP contribution in [0.4, 0.5) is 10.5 Å². The van der Waals surface area contributed by atoms with E-state index >= 15 is 0 Å². The van der Waals surface area contributed by atoms with Crippen molar-refractivity contribution in [3.05, 3.63) is 40.4 Å². The average Bonchev–Trinajstić information content (AvgIpc) is 2.82. The first-order valence-corrected chi connectivity index (χ1v) is 7.01. The molecule has 1 aliphatic rings. The predicted octanol–water partition coefficient (Wildman–Crippen LogP) is 2.82. The van der Waals surface area contributed by atoms with E-state index in [1.807, 2.05) is 37.3 Å². The number of carbonyl (C=O) groups excluding carboxylic acids is 1. The normalized spacial score (nSPS) is 21.4. The minimum Gasteiger partial charge on any atom is -0.396 e. The molecule has 102 valence electrons. The molecule has 0 bridgehead atoms. The third-order valence-electron chi connectivity index (χ3n) is 3.24. The summed E-state index contributed by atoms with van der Waals surface area (Å²) >= 11 is 3.43. The lowest BCUT2D eigenvalue weighted by atomic mass is 10.1. The molecule has 2 rings (SSSR count). The van der Waals surface area contributed by atoms with Gasteiger partial charge in [-0.05, 0) is 31.0 Å². The van der Waals surface area contributed by atoms with E-state index in [0.717, 1.165) is 22.1 Å². The number of amides is 2. The molecule has 0 spiro atoms. The molecule has 3 N–H and O–H groups in total. The number of halogens is 1. The molecular weight excluding hydrogens is 308 g/mol. The second-order valence-electron chi connectivity index (χ2n) is 4.68. The number of anilines is 1. The number of carbonyl (C=O) groups is 1. The monoisotopic (exact) mass is 324 g/mol. The number of hydrogen-bond acceptors (Lipinski definition) is 2. The smallest absolute Gasteiger partial charge is 0.319 e. The Labute approximate surface area is 121 Å². The maximum absolute atomic E-state index is 11.9. The minimum absolute atomic E-state index is 0.00962. The quantitative estimate of drug-likeness (QED) is 0.749. The molecule has 1 aliphatic carbocycles. The number of hydrogen-bond donors (Lipinski definition) is 3. The molecule has 5 heteroatoms. The summed E-state index contributed by atoms with van der Waals surface area (Å²) in [6, 6.07) is 5.44. The molecule has 1 aromatic carbocycles. The van der Waals surface area contributed by atoms with Crippen molar-refractivity contribution in [1.82, 2.24) is 5.32 Å². The summed E-state index contributed by atoms with van der Waals surface area (Å²) in [5.74, 6) is 0.151. The highest BCUT2D eigenvalue weighted by molar-refractivity contribution is 9.10. The Morgan fingerprint density at radius 2 is 2.26 bits per heavy atom. The molecule has 1 aromatic rings. The summed E-state index contributed by atoms with van der Waals surface area (Å²) in [6.45, 7) is 2.07. The molecule has 0 heterocycles. The van der Waals surface area contributed by atoms with Gasteiger partial charge in [-0.15, -0.1) is 0 Å². The summed E-state index contributed by atoms with van der Waals surface area (Å²) < 4.78 is 0.964. The number of aliphatic hydroxyl groups is 1. The lowest BCUT2D eigenvalue weighted by Gasteiger charge is -2.15. The molecule has 2 atom stereocenters. The Bertz CT molecular complexity index is 502. The van der Waals surface area contributed by atoms with E-state index in [-0.39, 0.29) is 24.6 Å². The Morgan fingerprint density at radius 3 is 2.95 bits per heavy atom. The van der Waals surface area contributed by atoms with Crippen LogP contribution in [-0.2, 0) is 0 Å². The van der Waals surface area contributed by atoms with E-state index in [4.69, 9.17) is 5.11 Å². The summed E-state index contributed by atoms with van der Waals surface area (Å²) in [5.41, 5.74) is 1.78. The molecular formula is C14H17BrN2O2. The van der Waals surface area contributed by atoms with E-state index < -0.39 is 0 Å². The van der Waals surface area contributed by atoms with Gasteiger partial charge in [0.15, 0.2) is 0 Å². The number of urea groups is 1. The van der Waals surface area contributed by atoms with Gasteiger partial charge in [0.25, 0.3) is 0 Å². The maximum Gasteiger partial charge on any atom is 0.319 e. The fraction of sp³-hybridized carbons (Fsp3) is 0.357. The zero-order chi connectivity index (χ0) is 13.8. The second kappa shape index (κ2) is 6.21. The van der Waals surface area contributed by atoms with Gasteiger partial charge in [-0.3, -0.25) is 0 Å². The molecule has 0 saturated carbocycles. The van der Waals surface area contributed by atoms with Gasteiger partial charge in [-0.25, -0.2) is 4.79 Å². The van der Waals surface area contributed by atoms with Crippen LogP contribution in [0.1, 0.15) is 12.0 Å². The van der Waals surface area contributed by atoms with E-state index in [1.165, 1.54) is 0 Å². The largest absolute Gasteiger partial charge is 0.396 e. The first-order valence-electron chi connectivity index (χ1n) is 6.22. The highest BCUT2D eigenvalue weighted by Gasteiger charge is 2.19. The first kappa shape index (κ1) is 14.1. The third-order valence-corrected chi connectivity index (χ3v) is 4.10. The van der Waals surface area contributed by atoms with Crippen LogP contribution < -0.4 is 10.6 Å². The van der Waals surface area contributed by atoms with E-state index in [9.17, 15) is 4.79 Å². The Kier molecular flexibility index (Phi) is 4.61. The van der Waals surface area contributed by atoms with Crippen molar-refractivity contribution in [2.45, 2.75) is 19.4 Å². The molecule has 4 nitrogen and oxygen atoms in total. The maximum atomic E-state index is 11.9. The standard InChI is InChI=1S/C14H17BrN2O2/c1-9-12(15)3-2-4-13(9)17-14(19)16-11-6-5-10(7-11)8-18/h2-6,10-11,18H,7-8H2,1H3,(H2,16,17,19)/t10-,11+/m0/s1. The van der Waals surface area contributed by atoms with Crippen molar-refractivity contribution in [3.63, 3.8) is 0 Å². The number of benzene rings is 1. The summed E-state index contributed by atoms with van der Waals surface area (Å²) in [7, 11) is 0. The van der Waals surface area contributed by atoms with Crippen molar-refractivity contribution in [2.24, 2.45) is 5.92 Å². The number of rotatable bonds is 3. The van der Waals surface area contributed by atoms with Crippen LogP contribution in [0.15, 0.2) is 34.8 Å². The predicted molar refractivity (Wildman–Crippen MR) is 79.2 cm³/mol. The minimum atomic E-state index is -0.227. The zero-order valence-electron chi connectivity index (χ0n) is 10.7. The van der Waals surface area contributed by atoms with Crippen LogP contribution in [0.2, 0.25) is 0 Å². The third kappa shape index (κ3) is 3.58. The zero-order valence-corrected chi connectivity index (χ0v) is 12.3. The Hall–Kier alpha value is -1.33. The highest BCUT2D eigenvalue weighted by atomic mass is 79.9. The van der Waals surface area contributed by atoms with E-state index in [0.29, 0.717) is 0 Å². The van der Waals surface area contributed by atoms with Gasteiger partial charge in [0.2, 0.25) is 0 Å². The lowest BCUT2D eigenvalue weighted by molar-refractivity contribution is 0.238. The molecule has 2 amide bonds. The van der Waals surface area contributed by atoms with Gasteiger partial charge in [-0.1, -0.05) is 34.1 Å². The van der Waals surface area contributed by atoms with Crippen LogP contribution in [0.25, 0.3) is 0 Å². The molecule has 0 radical (unpaired) electrons. The van der Waals surface area contributed by atoms with Crippen LogP contribution in [0, 0.1) is 12.8 Å². The van der Waals surface area contributed by atoms with Gasteiger partial charge in [-0.2, -0.15) is 0 Å². The lowest BCUT2D eigenvalue weighted by Crippen LogP contribution is -2.36. The van der Waals surface area contributed by atoms with Gasteiger partial charge < -0.3 is 15.7 Å². The molecule has 0 fully saturated rings. The van der Waals surface area contributed by atoms with Gasteiger partial charge in [0.1, 0.15) is 0 Å². The van der Waals surface area contributed by atoms with Crippen molar-refractivity contribution >= 4 is 27.6 Å². The van der Waals surface area contributed by atoms with Crippen molar-refractivity contribution in [1.29, 1.82) is 0 Å². The number of aliphatic hydroxyl groups excluding tert-OH is 1. The van der Waals surface area contributed by atoms with Gasteiger partial charge in [0, 0.05) is 28.7 Å². The number of nitrogens with one attached hydrogen (secondary N) is 2. The van der Waals surface area contributed by atoms with Crippen LogP contribution in [0.3, 0.4) is 0 Å². The molecule has 0 aromatic heterocycles. The molecule has 0 saturated heterocycles. The van der Waals surface area contributed by atoms with Crippen LogP contribution in [0.5, 0.6) is 0 Å². The van der Waals surface area contributed by atoms with E-state index in [2.05, 4.69) is 26.6 Å². The highest BCUT2D eigenvalue weighted by Crippen LogP contribution is 2.23. The van der Waals surface area contributed by atoms with Crippen LogP contribution >= 0.6 is 15.9 Å². The van der Waals surface area contributed by atoms with Crippen LogP contribution in [-0.4, -0.2) is 23.8 Å². The van der Waals surface area contributed by atoms with Crippen molar-refractivity contribution < 1.29 is 9.90 Å². The van der Waals surface area contributed by atoms with Crippen molar-refractivity contribution in [3.8, 4) is 0 Å². The first-order chi connectivity index (χ1) is 9.10. The molecule has 0 unspecified atom stereocenters. The average molecular weight is 325 g/mol. The Balaban J connectivity index is 1.92. The molecule has 0 aliphatic heterocycles. The summed E-state index contributed by atoms with van der Waals surface area (Å²) in [6.07, 6.45) is 4.62. The summed E-state index contributed by atoms with van der Waals surface area (Å²) in [4.78, 5) is 11.9.